The highest BCUT2D eigenvalue weighted by Crippen LogP contribution is 2.31. The van der Waals surface area contributed by atoms with Crippen molar-refractivity contribution in [1.82, 2.24) is 19.5 Å². The van der Waals surface area contributed by atoms with Crippen LogP contribution in [0.25, 0.3) is 37.9 Å². The van der Waals surface area contributed by atoms with Crippen molar-refractivity contribution >= 4 is 32.3 Å². The minimum atomic E-state index is -0.0448. The van der Waals surface area contributed by atoms with E-state index in [0.29, 0.717) is 11.8 Å². The maximum atomic E-state index is 14.2. The van der Waals surface area contributed by atoms with Crippen LogP contribution in [0.1, 0.15) is 24.2 Å². The molecule has 0 unspecified atom stereocenters. The number of para-hydroxylation sites is 1. The Morgan fingerprint density at radius 2 is 1.74 bits per heavy atom. The molecule has 0 fully saturated rings. The second-order valence-corrected chi connectivity index (χ2v) is 9.48. The Balaban J connectivity index is 1.58. The normalized spacial score (nSPS) is 12.3. The van der Waals surface area contributed by atoms with Crippen molar-refractivity contribution in [2.75, 3.05) is 0 Å². The molecule has 4 aromatic heterocycles. The maximum absolute atomic E-state index is 14.2. The molecule has 6 aromatic rings. The highest BCUT2D eigenvalue weighted by molar-refractivity contribution is 7.16. The summed E-state index contributed by atoms with van der Waals surface area (Å²) in [6.45, 7) is 2.15. The van der Waals surface area contributed by atoms with E-state index in [0.717, 1.165) is 43.9 Å². The van der Waals surface area contributed by atoms with Crippen LogP contribution in [0.15, 0.2) is 102 Å². The van der Waals surface area contributed by atoms with Crippen LogP contribution in [-0.2, 0) is 6.42 Å². The van der Waals surface area contributed by atoms with Gasteiger partial charge in [0.25, 0.3) is 5.56 Å². The van der Waals surface area contributed by atoms with Crippen LogP contribution in [0, 0.1) is 0 Å². The third-order valence-corrected chi connectivity index (χ3v) is 7.15. The van der Waals surface area contributed by atoms with Gasteiger partial charge in [0, 0.05) is 35.3 Å². The Kier molecular flexibility index (Phi) is 5.43. The number of hydrogen-bond donors (Lipinski definition) is 0. The number of fused-ring (bicyclic) bond motifs is 2. The van der Waals surface area contributed by atoms with Gasteiger partial charge in [0.1, 0.15) is 5.52 Å². The molecule has 0 aliphatic heterocycles. The van der Waals surface area contributed by atoms with E-state index in [9.17, 15) is 4.79 Å². The van der Waals surface area contributed by atoms with E-state index in [1.165, 1.54) is 0 Å². The SMILES string of the molecule is C[C@H](Cc1nccc2scnc12)c1cc2cccc(-c3ccccn3)c2c(=O)n1-c1ccccc1. The lowest BCUT2D eigenvalue weighted by molar-refractivity contribution is 0.688. The van der Waals surface area contributed by atoms with Gasteiger partial charge in [-0.15, -0.1) is 11.3 Å². The summed E-state index contributed by atoms with van der Waals surface area (Å²) in [4.78, 5) is 27.9. The summed E-state index contributed by atoms with van der Waals surface area (Å²) in [5, 5.41) is 1.58. The molecule has 1 atom stereocenters. The molecule has 6 heteroatoms. The molecule has 4 heterocycles. The summed E-state index contributed by atoms with van der Waals surface area (Å²) in [7, 11) is 0. The van der Waals surface area contributed by atoms with Crippen molar-refractivity contribution in [3.05, 3.63) is 119 Å². The van der Waals surface area contributed by atoms with Crippen LogP contribution >= 0.6 is 11.3 Å². The Labute approximate surface area is 206 Å². The Morgan fingerprint density at radius 3 is 2.57 bits per heavy atom. The van der Waals surface area contributed by atoms with Crippen LogP contribution in [0.2, 0.25) is 0 Å². The van der Waals surface area contributed by atoms with Crippen LogP contribution in [0.5, 0.6) is 0 Å². The summed E-state index contributed by atoms with van der Waals surface area (Å²) >= 11 is 1.62. The fourth-order valence-electron chi connectivity index (χ4n) is 4.71. The van der Waals surface area contributed by atoms with Gasteiger partial charge in [-0.25, -0.2) is 4.98 Å². The van der Waals surface area contributed by atoms with E-state index in [2.05, 4.69) is 27.9 Å². The smallest absolute Gasteiger partial charge is 0.263 e. The van der Waals surface area contributed by atoms with Crippen molar-refractivity contribution in [1.29, 1.82) is 0 Å². The predicted molar refractivity (Wildman–Crippen MR) is 142 cm³/mol. The summed E-state index contributed by atoms with van der Waals surface area (Å²) in [6, 6.07) is 25.7. The molecule has 6 rings (SSSR count). The van der Waals surface area contributed by atoms with Gasteiger partial charge in [-0.1, -0.05) is 49.4 Å². The molecule has 5 nitrogen and oxygen atoms in total. The van der Waals surface area contributed by atoms with Gasteiger partial charge in [-0.2, -0.15) is 0 Å². The maximum Gasteiger partial charge on any atom is 0.263 e. The fourth-order valence-corrected chi connectivity index (χ4v) is 5.41. The molecule has 0 radical (unpaired) electrons. The highest BCUT2D eigenvalue weighted by Gasteiger charge is 2.20. The lowest BCUT2D eigenvalue weighted by atomic mass is 9.95. The summed E-state index contributed by atoms with van der Waals surface area (Å²) < 4.78 is 2.97. The minimum Gasteiger partial charge on any atom is -0.280 e. The van der Waals surface area contributed by atoms with Gasteiger partial charge >= 0.3 is 0 Å². The first-order valence-electron chi connectivity index (χ1n) is 11.5. The molecule has 35 heavy (non-hydrogen) atoms. The predicted octanol–water partition coefficient (Wildman–Crippen LogP) is 6.40. The first-order valence-corrected chi connectivity index (χ1v) is 12.4. The second-order valence-electron chi connectivity index (χ2n) is 8.59. The third-order valence-electron chi connectivity index (χ3n) is 6.36. The lowest BCUT2D eigenvalue weighted by Gasteiger charge is -2.21. The van der Waals surface area contributed by atoms with Crippen LogP contribution in [-0.4, -0.2) is 19.5 Å². The molecule has 0 saturated heterocycles. The van der Waals surface area contributed by atoms with E-state index < -0.39 is 0 Å². The van der Waals surface area contributed by atoms with E-state index in [1.54, 1.807) is 17.5 Å². The quantitative estimate of drug-likeness (QED) is 0.290. The zero-order chi connectivity index (χ0) is 23.8. The van der Waals surface area contributed by atoms with Crippen molar-refractivity contribution in [3.63, 3.8) is 0 Å². The molecule has 170 valence electrons. The van der Waals surface area contributed by atoms with Crippen molar-refractivity contribution in [3.8, 4) is 16.9 Å². The highest BCUT2D eigenvalue weighted by atomic mass is 32.1. The Bertz CT molecular complexity index is 1710. The second kappa shape index (κ2) is 8.89. The van der Waals surface area contributed by atoms with Gasteiger partial charge in [0.15, 0.2) is 0 Å². The van der Waals surface area contributed by atoms with Gasteiger partial charge in [-0.05, 0) is 48.2 Å². The fraction of sp³-hybridized carbons (Fsp3) is 0.103. The average Bonchev–Trinajstić information content (AvgIpc) is 3.39. The molecule has 0 bridgehead atoms. The molecule has 0 aliphatic carbocycles. The molecule has 0 saturated carbocycles. The standard InChI is InChI=1S/C29H22N4OS/c1-19(16-24-28-26(13-15-31-24)35-18-32-28)25-17-20-8-7-11-22(23-12-5-6-14-30-23)27(20)29(34)33(25)21-9-3-2-4-10-21/h2-15,17-19H,16H2,1H3/t19-/m1/s1. The summed E-state index contributed by atoms with van der Waals surface area (Å²) in [5.74, 6) is 0.0330. The number of benzene rings is 2. The molecule has 0 N–H and O–H groups in total. The van der Waals surface area contributed by atoms with Gasteiger partial charge in [0.2, 0.25) is 0 Å². The number of thiazole rings is 1. The summed E-state index contributed by atoms with van der Waals surface area (Å²) in [6.07, 6.45) is 4.28. The molecule has 0 spiro atoms. The molecule has 0 amide bonds. The third kappa shape index (κ3) is 3.82. The minimum absolute atomic E-state index is 0.0330. The Hall–Kier alpha value is -4.16. The number of aromatic nitrogens is 4. The number of hydrogen-bond acceptors (Lipinski definition) is 5. The lowest BCUT2D eigenvalue weighted by Crippen LogP contribution is -2.24. The number of rotatable bonds is 5. The Morgan fingerprint density at radius 1 is 0.886 bits per heavy atom. The van der Waals surface area contributed by atoms with Crippen LogP contribution in [0.3, 0.4) is 0 Å². The molecule has 2 aromatic carbocycles. The van der Waals surface area contributed by atoms with E-state index in [1.807, 2.05) is 89.1 Å². The largest absolute Gasteiger partial charge is 0.280 e. The monoisotopic (exact) mass is 474 g/mol. The summed E-state index contributed by atoms with van der Waals surface area (Å²) in [5.41, 5.74) is 7.12. The van der Waals surface area contributed by atoms with Gasteiger partial charge < -0.3 is 0 Å². The van der Waals surface area contributed by atoms with Crippen LogP contribution < -0.4 is 5.56 Å². The number of pyridine rings is 3. The molecular formula is C29H22N4OS. The van der Waals surface area contributed by atoms with Gasteiger partial charge in [0.05, 0.1) is 27.0 Å². The first kappa shape index (κ1) is 21.4. The molecule has 0 aliphatic rings. The van der Waals surface area contributed by atoms with E-state index >= 15 is 0 Å². The zero-order valence-electron chi connectivity index (χ0n) is 19.1. The van der Waals surface area contributed by atoms with Crippen molar-refractivity contribution < 1.29 is 0 Å². The topological polar surface area (TPSA) is 60.7 Å². The number of nitrogens with zero attached hydrogens (tertiary/aromatic N) is 4. The van der Waals surface area contributed by atoms with E-state index in [-0.39, 0.29) is 11.5 Å². The van der Waals surface area contributed by atoms with Gasteiger partial charge in [-0.3, -0.25) is 19.3 Å². The molecular weight excluding hydrogens is 452 g/mol. The first-order chi connectivity index (χ1) is 17.2. The van der Waals surface area contributed by atoms with E-state index in [4.69, 9.17) is 0 Å². The van der Waals surface area contributed by atoms with Crippen LogP contribution in [0.4, 0.5) is 0 Å². The van der Waals surface area contributed by atoms with Crippen molar-refractivity contribution in [2.24, 2.45) is 0 Å². The van der Waals surface area contributed by atoms with Crippen molar-refractivity contribution in [2.45, 2.75) is 19.3 Å². The average molecular weight is 475 g/mol. The zero-order valence-corrected chi connectivity index (χ0v) is 19.9.